The Labute approximate surface area is 200 Å². The van der Waals surface area contributed by atoms with Gasteiger partial charge in [0.15, 0.2) is 6.10 Å². The van der Waals surface area contributed by atoms with Crippen molar-refractivity contribution in [1.29, 1.82) is 0 Å². The minimum atomic E-state index is -2.94. The Kier molecular flexibility index (Phi) is 12.2. The first-order chi connectivity index (χ1) is 15.8. The molecule has 1 aromatic rings. The number of carboxylic acids is 1. The second-order valence-corrected chi connectivity index (χ2v) is 9.20. The van der Waals surface area contributed by atoms with E-state index in [9.17, 15) is 23.5 Å². The number of hydrogen-bond donors (Lipinski definition) is 1. The van der Waals surface area contributed by atoms with Gasteiger partial charge in [0.1, 0.15) is 19.0 Å². The molecule has 0 aliphatic heterocycles. The molecule has 0 bridgehead atoms. The zero-order chi connectivity index (χ0) is 25.8. The second-order valence-electron chi connectivity index (χ2n) is 9.20. The van der Waals surface area contributed by atoms with Crippen LogP contribution >= 0.6 is 0 Å². The molecule has 1 rings (SSSR count). The molecule has 0 radical (unpaired) electrons. The molecule has 0 aromatic heterocycles. The van der Waals surface area contributed by atoms with Crippen molar-refractivity contribution in [2.75, 3.05) is 46.1 Å². The molecule has 0 saturated heterocycles. The Balaban J connectivity index is 2.61. The normalized spacial score (nSPS) is 12.8. The molecule has 1 N–H and O–H groups in total. The zero-order valence-corrected chi connectivity index (χ0v) is 20.6. The third kappa shape index (κ3) is 13.3. The summed E-state index contributed by atoms with van der Waals surface area (Å²) in [6.07, 6.45) is -1.26. The highest BCUT2D eigenvalue weighted by molar-refractivity contribution is 5.72. The van der Waals surface area contributed by atoms with Crippen molar-refractivity contribution < 1.29 is 42.4 Å². The molecule has 1 unspecified atom stereocenters. The van der Waals surface area contributed by atoms with Crippen molar-refractivity contribution in [3.05, 3.63) is 29.8 Å². The summed E-state index contributed by atoms with van der Waals surface area (Å²) >= 11 is 0. The summed E-state index contributed by atoms with van der Waals surface area (Å²) in [7, 11) is 0. The van der Waals surface area contributed by atoms with E-state index in [0.29, 0.717) is 12.4 Å². The van der Waals surface area contributed by atoms with Crippen LogP contribution in [-0.2, 0) is 25.4 Å². The van der Waals surface area contributed by atoms with E-state index in [1.165, 1.54) is 4.90 Å². The van der Waals surface area contributed by atoms with E-state index in [0.717, 1.165) is 12.5 Å². The van der Waals surface area contributed by atoms with Crippen LogP contribution in [0.3, 0.4) is 0 Å². The fraction of sp³-hybridized carbons (Fsp3) is 0.667. The van der Waals surface area contributed by atoms with Crippen LogP contribution in [0.1, 0.15) is 40.2 Å². The quantitative estimate of drug-likeness (QED) is 0.368. The number of rotatable bonds is 15. The smallest absolute Gasteiger partial charge is 0.409 e. The van der Waals surface area contributed by atoms with Gasteiger partial charge in [-0.15, -0.1) is 0 Å². The van der Waals surface area contributed by atoms with Crippen LogP contribution in [0.5, 0.6) is 5.75 Å². The van der Waals surface area contributed by atoms with Crippen LogP contribution in [0.25, 0.3) is 0 Å². The first-order valence-electron chi connectivity index (χ1n) is 11.2. The molecule has 194 valence electrons. The van der Waals surface area contributed by atoms with Gasteiger partial charge in [-0.2, -0.15) is 0 Å². The largest absolute Gasteiger partial charge is 0.492 e. The number of ether oxygens (including phenoxy) is 4. The van der Waals surface area contributed by atoms with Crippen LogP contribution in [0, 0.1) is 5.41 Å². The van der Waals surface area contributed by atoms with Crippen LogP contribution in [0.15, 0.2) is 24.3 Å². The molecule has 1 amide bonds. The topological polar surface area (TPSA) is 94.5 Å². The minimum Gasteiger partial charge on any atom is -0.492 e. The Morgan fingerprint density at radius 2 is 1.65 bits per heavy atom. The lowest BCUT2D eigenvalue weighted by Gasteiger charge is -2.25. The fourth-order valence-electron chi connectivity index (χ4n) is 2.72. The lowest BCUT2D eigenvalue weighted by atomic mass is 9.99. The van der Waals surface area contributed by atoms with Gasteiger partial charge in [0, 0.05) is 26.5 Å². The predicted molar refractivity (Wildman–Crippen MR) is 123 cm³/mol. The molecule has 0 spiro atoms. The van der Waals surface area contributed by atoms with Crippen LogP contribution in [0.4, 0.5) is 13.6 Å². The Hall–Kier alpha value is -2.46. The van der Waals surface area contributed by atoms with E-state index in [2.05, 4.69) is 0 Å². The summed E-state index contributed by atoms with van der Waals surface area (Å²) in [6, 6.07) is 6.90. The van der Waals surface area contributed by atoms with Gasteiger partial charge >= 0.3 is 12.1 Å². The van der Waals surface area contributed by atoms with Gasteiger partial charge < -0.3 is 29.0 Å². The standard InChI is InChI=1S/C24H37F2NO7/c1-6-32-20(21(28)29)15-18-7-9-19(10-8-18)33-14-12-27(11-13-31-17-24(5,25)26)22(30)34-16-23(2,3)4/h7-10,20H,6,11-17H2,1-5H3,(H,28,29). The van der Waals surface area contributed by atoms with E-state index < -0.39 is 30.7 Å². The van der Waals surface area contributed by atoms with Crippen LogP contribution in [-0.4, -0.2) is 80.2 Å². The van der Waals surface area contributed by atoms with Crippen molar-refractivity contribution in [2.45, 2.75) is 53.1 Å². The highest BCUT2D eigenvalue weighted by Crippen LogP contribution is 2.16. The maximum Gasteiger partial charge on any atom is 0.409 e. The van der Waals surface area contributed by atoms with Gasteiger partial charge in [0.25, 0.3) is 5.92 Å². The first-order valence-corrected chi connectivity index (χ1v) is 11.2. The minimum absolute atomic E-state index is 0.0622. The van der Waals surface area contributed by atoms with E-state index in [1.807, 2.05) is 20.8 Å². The molecule has 0 heterocycles. The fourth-order valence-corrected chi connectivity index (χ4v) is 2.72. The predicted octanol–water partition coefficient (Wildman–Crippen LogP) is 4.25. The number of aliphatic carboxylic acids is 1. The molecule has 0 fully saturated rings. The van der Waals surface area contributed by atoms with Gasteiger partial charge in [-0.3, -0.25) is 0 Å². The number of alkyl halides is 2. The first kappa shape index (κ1) is 29.6. The number of amides is 1. The van der Waals surface area contributed by atoms with Gasteiger partial charge in [-0.1, -0.05) is 32.9 Å². The summed E-state index contributed by atoms with van der Waals surface area (Å²) < 4.78 is 47.1. The van der Waals surface area contributed by atoms with Crippen molar-refractivity contribution in [2.24, 2.45) is 5.41 Å². The van der Waals surface area contributed by atoms with Crippen molar-refractivity contribution in [1.82, 2.24) is 4.90 Å². The molecule has 34 heavy (non-hydrogen) atoms. The third-order valence-corrected chi connectivity index (χ3v) is 4.37. The zero-order valence-electron chi connectivity index (χ0n) is 20.6. The lowest BCUT2D eigenvalue weighted by molar-refractivity contribution is -0.149. The van der Waals surface area contributed by atoms with Crippen LogP contribution in [0.2, 0.25) is 0 Å². The molecule has 0 aliphatic carbocycles. The number of benzene rings is 1. The van der Waals surface area contributed by atoms with Crippen molar-refractivity contribution in [3.8, 4) is 5.75 Å². The molecule has 1 aromatic carbocycles. The molecule has 0 saturated carbocycles. The number of halogens is 2. The molecular weight excluding hydrogens is 452 g/mol. The van der Waals surface area contributed by atoms with Gasteiger partial charge in [0.05, 0.1) is 19.8 Å². The van der Waals surface area contributed by atoms with E-state index >= 15 is 0 Å². The average molecular weight is 490 g/mol. The lowest BCUT2D eigenvalue weighted by Crippen LogP contribution is -2.39. The Bertz CT molecular complexity index is 745. The number of carbonyl (C=O) groups excluding carboxylic acids is 1. The highest BCUT2D eigenvalue weighted by Gasteiger charge is 2.23. The number of nitrogens with zero attached hydrogens (tertiary/aromatic N) is 1. The van der Waals surface area contributed by atoms with Gasteiger partial charge in [-0.05, 0) is 30.0 Å². The maximum atomic E-state index is 12.9. The SMILES string of the molecule is CCOC(Cc1ccc(OCCN(CCOCC(C)(F)F)C(=O)OCC(C)(C)C)cc1)C(=O)O. The van der Waals surface area contributed by atoms with Crippen molar-refractivity contribution in [3.63, 3.8) is 0 Å². The average Bonchev–Trinajstić information content (AvgIpc) is 2.73. The molecular formula is C24H37F2NO7. The van der Waals surface area contributed by atoms with Crippen LogP contribution < -0.4 is 4.74 Å². The Morgan fingerprint density at radius 3 is 2.18 bits per heavy atom. The second kappa shape index (κ2) is 14.1. The summed E-state index contributed by atoms with van der Waals surface area (Å²) in [5.41, 5.74) is 0.563. The van der Waals surface area contributed by atoms with Gasteiger partial charge in [0.2, 0.25) is 0 Å². The summed E-state index contributed by atoms with van der Waals surface area (Å²) in [6.45, 7) is 8.39. The summed E-state index contributed by atoms with van der Waals surface area (Å²) in [5, 5.41) is 9.19. The summed E-state index contributed by atoms with van der Waals surface area (Å²) in [5.74, 6) is -3.43. The highest BCUT2D eigenvalue weighted by atomic mass is 19.3. The summed E-state index contributed by atoms with van der Waals surface area (Å²) in [4.78, 5) is 25.0. The molecule has 1 atom stereocenters. The number of carbonyl (C=O) groups is 2. The Morgan fingerprint density at radius 1 is 1.03 bits per heavy atom. The van der Waals surface area contributed by atoms with E-state index in [1.54, 1.807) is 31.2 Å². The number of hydrogen-bond acceptors (Lipinski definition) is 6. The maximum absolute atomic E-state index is 12.9. The monoisotopic (exact) mass is 489 g/mol. The van der Waals surface area contributed by atoms with E-state index in [-0.39, 0.29) is 44.7 Å². The van der Waals surface area contributed by atoms with E-state index in [4.69, 9.17) is 18.9 Å². The molecule has 8 nitrogen and oxygen atoms in total. The third-order valence-electron chi connectivity index (χ3n) is 4.37. The number of carboxylic acid groups (broad SMARTS) is 1. The van der Waals surface area contributed by atoms with Crippen molar-refractivity contribution >= 4 is 12.1 Å². The van der Waals surface area contributed by atoms with Gasteiger partial charge in [-0.25, -0.2) is 18.4 Å². The molecule has 10 heteroatoms. The molecule has 0 aliphatic rings.